The zero-order valence-corrected chi connectivity index (χ0v) is 9.37. The second-order valence-corrected chi connectivity index (χ2v) is 3.53. The summed E-state index contributed by atoms with van der Waals surface area (Å²) in [5, 5.41) is 0. The van der Waals surface area contributed by atoms with Crippen LogP contribution < -0.4 is 4.90 Å². The van der Waals surface area contributed by atoms with E-state index in [1.165, 1.54) is 6.07 Å². The molecule has 0 unspecified atom stereocenters. The van der Waals surface area contributed by atoms with E-state index in [4.69, 9.17) is 0 Å². The van der Waals surface area contributed by atoms with Crippen LogP contribution in [0.5, 0.6) is 0 Å². The minimum absolute atomic E-state index is 0.479. The van der Waals surface area contributed by atoms with Gasteiger partial charge in [-0.25, -0.2) is 0 Å². The van der Waals surface area contributed by atoms with Crippen molar-refractivity contribution in [1.29, 1.82) is 0 Å². The highest BCUT2D eigenvalue weighted by molar-refractivity contribution is 5.50. The zero-order valence-electron chi connectivity index (χ0n) is 9.37. The van der Waals surface area contributed by atoms with Crippen molar-refractivity contribution in [1.82, 2.24) is 0 Å². The number of halogens is 3. The fourth-order valence-corrected chi connectivity index (χ4v) is 1.48. The Hall–Kier alpha value is -1.71. The SMILES string of the molecule is C=CCN(CC=C)c1cccc(C(F)(F)F)c1. The summed E-state index contributed by atoms with van der Waals surface area (Å²) < 4.78 is 37.6. The molecule has 0 aliphatic carbocycles. The lowest BCUT2D eigenvalue weighted by atomic mass is 10.2. The summed E-state index contributed by atoms with van der Waals surface area (Å²) in [7, 11) is 0. The van der Waals surface area contributed by atoms with E-state index in [2.05, 4.69) is 13.2 Å². The molecule has 17 heavy (non-hydrogen) atoms. The molecule has 0 spiro atoms. The van der Waals surface area contributed by atoms with Crippen molar-refractivity contribution in [3.05, 3.63) is 55.1 Å². The van der Waals surface area contributed by atoms with Crippen molar-refractivity contribution in [3.63, 3.8) is 0 Å². The molecule has 1 aromatic carbocycles. The van der Waals surface area contributed by atoms with E-state index in [0.717, 1.165) is 12.1 Å². The summed E-state index contributed by atoms with van der Waals surface area (Å²) in [6.07, 6.45) is -1.03. The first-order chi connectivity index (χ1) is 7.99. The monoisotopic (exact) mass is 241 g/mol. The van der Waals surface area contributed by atoms with Gasteiger partial charge in [0.2, 0.25) is 0 Å². The Balaban J connectivity index is 3.03. The Bertz CT molecular complexity index is 386. The first-order valence-electron chi connectivity index (χ1n) is 5.13. The first-order valence-corrected chi connectivity index (χ1v) is 5.13. The van der Waals surface area contributed by atoms with E-state index in [1.807, 2.05) is 0 Å². The van der Waals surface area contributed by atoms with Crippen LogP contribution in [-0.4, -0.2) is 13.1 Å². The molecule has 0 heterocycles. The van der Waals surface area contributed by atoms with Gasteiger partial charge in [-0.2, -0.15) is 13.2 Å². The molecule has 0 aliphatic heterocycles. The molecule has 0 radical (unpaired) electrons. The van der Waals surface area contributed by atoms with Gasteiger partial charge in [0.05, 0.1) is 5.56 Å². The summed E-state index contributed by atoms with van der Waals surface area (Å²) in [5.74, 6) is 0. The van der Waals surface area contributed by atoms with Crippen LogP contribution >= 0.6 is 0 Å². The number of rotatable bonds is 5. The van der Waals surface area contributed by atoms with Crippen LogP contribution in [0.25, 0.3) is 0 Å². The van der Waals surface area contributed by atoms with Crippen molar-refractivity contribution in [2.45, 2.75) is 6.18 Å². The smallest absolute Gasteiger partial charge is 0.364 e. The normalized spacial score (nSPS) is 11.0. The van der Waals surface area contributed by atoms with E-state index in [9.17, 15) is 13.2 Å². The number of benzene rings is 1. The summed E-state index contributed by atoms with van der Waals surface area (Å²) in [6, 6.07) is 5.23. The van der Waals surface area contributed by atoms with Crippen LogP contribution in [0.4, 0.5) is 18.9 Å². The van der Waals surface area contributed by atoms with Gasteiger partial charge in [0.25, 0.3) is 0 Å². The molecule has 0 bridgehead atoms. The molecule has 0 fully saturated rings. The molecule has 0 amide bonds. The predicted molar refractivity (Wildman–Crippen MR) is 64.1 cm³/mol. The summed E-state index contributed by atoms with van der Waals surface area (Å²) in [5.41, 5.74) is -0.132. The average molecular weight is 241 g/mol. The van der Waals surface area contributed by atoms with E-state index < -0.39 is 11.7 Å². The number of hydrogen-bond acceptors (Lipinski definition) is 1. The molecule has 0 aromatic heterocycles. The minimum Gasteiger partial charge on any atom is -0.364 e. The Labute approximate surface area is 98.9 Å². The molecule has 1 nitrogen and oxygen atoms in total. The summed E-state index contributed by atoms with van der Waals surface area (Å²) in [6.45, 7) is 8.12. The molecule has 92 valence electrons. The highest BCUT2D eigenvalue weighted by atomic mass is 19.4. The molecule has 0 atom stereocenters. The largest absolute Gasteiger partial charge is 0.416 e. The Kier molecular flexibility index (Phi) is 4.37. The van der Waals surface area contributed by atoms with Gasteiger partial charge >= 0.3 is 6.18 Å². The van der Waals surface area contributed by atoms with Gasteiger partial charge in [-0.15, -0.1) is 13.2 Å². The molecule has 1 rings (SSSR count). The number of alkyl halides is 3. The summed E-state index contributed by atoms with van der Waals surface area (Å²) in [4.78, 5) is 1.76. The van der Waals surface area contributed by atoms with Crippen LogP contribution in [0.3, 0.4) is 0 Å². The zero-order chi connectivity index (χ0) is 12.9. The van der Waals surface area contributed by atoms with E-state index in [1.54, 1.807) is 23.1 Å². The molecule has 0 N–H and O–H groups in total. The highest BCUT2D eigenvalue weighted by Crippen LogP contribution is 2.31. The minimum atomic E-state index is -4.32. The Morgan fingerprint density at radius 2 is 1.71 bits per heavy atom. The Morgan fingerprint density at radius 3 is 2.18 bits per heavy atom. The standard InChI is InChI=1S/C13H14F3N/c1-3-8-17(9-4-2)12-7-5-6-11(10-12)13(14,15)16/h3-7,10H,1-2,8-9H2. The van der Waals surface area contributed by atoms with Gasteiger partial charge in [0.1, 0.15) is 0 Å². The molecule has 1 aromatic rings. The maximum Gasteiger partial charge on any atom is 0.416 e. The van der Waals surface area contributed by atoms with E-state index in [0.29, 0.717) is 18.8 Å². The quantitative estimate of drug-likeness (QED) is 0.707. The van der Waals surface area contributed by atoms with Gasteiger partial charge in [-0.3, -0.25) is 0 Å². The van der Waals surface area contributed by atoms with Gasteiger partial charge < -0.3 is 4.90 Å². The maximum absolute atomic E-state index is 12.5. The van der Waals surface area contributed by atoms with Crippen LogP contribution in [0.1, 0.15) is 5.56 Å². The summed E-state index contributed by atoms with van der Waals surface area (Å²) >= 11 is 0. The van der Waals surface area contributed by atoms with Crippen LogP contribution in [0.15, 0.2) is 49.6 Å². The molecule has 0 aliphatic rings. The topological polar surface area (TPSA) is 3.24 Å². The second-order valence-electron chi connectivity index (χ2n) is 3.53. The number of hydrogen-bond donors (Lipinski definition) is 0. The van der Waals surface area contributed by atoms with Crippen molar-refractivity contribution in [2.24, 2.45) is 0 Å². The van der Waals surface area contributed by atoms with E-state index in [-0.39, 0.29) is 0 Å². The molecule has 0 saturated carbocycles. The van der Waals surface area contributed by atoms with Crippen molar-refractivity contribution < 1.29 is 13.2 Å². The van der Waals surface area contributed by atoms with Gasteiger partial charge in [-0.1, -0.05) is 18.2 Å². The molecule has 4 heteroatoms. The average Bonchev–Trinajstić information content (AvgIpc) is 2.28. The highest BCUT2D eigenvalue weighted by Gasteiger charge is 2.30. The lowest BCUT2D eigenvalue weighted by Gasteiger charge is -2.22. The third kappa shape index (κ3) is 3.66. The lowest BCUT2D eigenvalue weighted by Crippen LogP contribution is -2.23. The first kappa shape index (κ1) is 13.4. The fourth-order valence-electron chi connectivity index (χ4n) is 1.48. The van der Waals surface area contributed by atoms with Gasteiger partial charge in [0, 0.05) is 18.8 Å². The predicted octanol–water partition coefficient (Wildman–Crippen LogP) is 3.88. The molecular formula is C13H14F3N. The van der Waals surface area contributed by atoms with Crippen LogP contribution in [-0.2, 0) is 6.18 Å². The van der Waals surface area contributed by atoms with Crippen molar-refractivity contribution in [2.75, 3.05) is 18.0 Å². The van der Waals surface area contributed by atoms with Crippen LogP contribution in [0.2, 0.25) is 0 Å². The number of anilines is 1. The lowest BCUT2D eigenvalue weighted by molar-refractivity contribution is -0.137. The fraction of sp³-hybridized carbons (Fsp3) is 0.231. The van der Waals surface area contributed by atoms with Crippen molar-refractivity contribution >= 4 is 5.69 Å². The molecule has 0 saturated heterocycles. The van der Waals surface area contributed by atoms with Crippen molar-refractivity contribution in [3.8, 4) is 0 Å². The third-order valence-corrected chi connectivity index (χ3v) is 2.24. The third-order valence-electron chi connectivity index (χ3n) is 2.24. The van der Waals surface area contributed by atoms with Gasteiger partial charge in [0.15, 0.2) is 0 Å². The second kappa shape index (κ2) is 5.57. The van der Waals surface area contributed by atoms with Crippen LogP contribution in [0, 0.1) is 0 Å². The van der Waals surface area contributed by atoms with Gasteiger partial charge in [-0.05, 0) is 18.2 Å². The maximum atomic E-state index is 12.5. The van der Waals surface area contributed by atoms with E-state index >= 15 is 0 Å². The number of nitrogens with zero attached hydrogens (tertiary/aromatic N) is 1. The molecular weight excluding hydrogens is 227 g/mol. The Morgan fingerprint density at radius 1 is 1.12 bits per heavy atom.